The van der Waals surface area contributed by atoms with Gasteiger partial charge in [-0.3, -0.25) is 0 Å². The molecule has 21 heavy (non-hydrogen) atoms. The summed E-state index contributed by atoms with van der Waals surface area (Å²) < 4.78 is 29.4. The smallest absolute Gasteiger partial charge is 0.279 e. The summed E-state index contributed by atoms with van der Waals surface area (Å²) >= 11 is 0. The van der Waals surface area contributed by atoms with E-state index in [9.17, 15) is 8.42 Å². The Hall–Kier alpha value is -0.170. The molecule has 1 aliphatic rings. The Morgan fingerprint density at radius 2 is 1.95 bits per heavy atom. The van der Waals surface area contributed by atoms with E-state index in [0.717, 1.165) is 38.8 Å². The molecular formula is C15H33N3O2S. The number of nitrogens with zero attached hydrogens (tertiary/aromatic N) is 1. The maximum atomic E-state index is 12.5. The molecule has 1 heterocycles. The molecule has 1 saturated heterocycles. The van der Waals surface area contributed by atoms with Gasteiger partial charge in [-0.15, -0.1) is 0 Å². The van der Waals surface area contributed by atoms with Crippen molar-refractivity contribution >= 4 is 10.2 Å². The monoisotopic (exact) mass is 319 g/mol. The Morgan fingerprint density at radius 3 is 2.57 bits per heavy atom. The van der Waals surface area contributed by atoms with Crippen LogP contribution in [0.5, 0.6) is 0 Å². The van der Waals surface area contributed by atoms with Crippen molar-refractivity contribution in [3.05, 3.63) is 0 Å². The Balaban J connectivity index is 2.48. The summed E-state index contributed by atoms with van der Waals surface area (Å²) in [6, 6.07) is 0.00606. The minimum atomic E-state index is -3.33. The topological polar surface area (TPSA) is 61.4 Å². The molecule has 0 bridgehead atoms. The van der Waals surface area contributed by atoms with Gasteiger partial charge in [0.1, 0.15) is 0 Å². The van der Waals surface area contributed by atoms with Crippen LogP contribution in [0.25, 0.3) is 0 Å². The molecule has 2 N–H and O–H groups in total. The molecule has 1 rings (SSSR count). The SMILES string of the molecule is CCNCC1CCCN(S(=O)(=O)NC(C)CCC(C)C)C1. The average Bonchev–Trinajstić information content (AvgIpc) is 2.43. The molecule has 1 aliphatic heterocycles. The minimum absolute atomic E-state index is 0.00606. The molecule has 0 aromatic carbocycles. The fourth-order valence-corrected chi connectivity index (χ4v) is 4.28. The first kappa shape index (κ1) is 18.9. The lowest BCUT2D eigenvalue weighted by Crippen LogP contribution is -2.49. The Bertz CT molecular complexity index is 384. The van der Waals surface area contributed by atoms with Gasteiger partial charge >= 0.3 is 0 Å². The third kappa shape index (κ3) is 7.08. The third-order valence-electron chi connectivity index (χ3n) is 4.03. The second kappa shape index (κ2) is 9.08. The van der Waals surface area contributed by atoms with Crippen molar-refractivity contribution in [2.75, 3.05) is 26.2 Å². The van der Waals surface area contributed by atoms with Gasteiger partial charge in [-0.1, -0.05) is 20.8 Å². The molecule has 0 aromatic rings. The van der Waals surface area contributed by atoms with E-state index >= 15 is 0 Å². The van der Waals surface area contributed by atoms with Gasteiger partial charge in [-0.05, 0) is 57.5 Å². The van der Waals surface area contributed by atoms with E-state index in [2.05, 4.69) is 30.8 Å². The lowest BCUT2D eigenvalue weighted by molar-refractivity contribution is 0.257. The summed E-state index contributed by atoms with van der Waals surface area (Å²) in [4.78, 5) is 0. The van der Waals surface area contributed by atoms with Crippen molar-refractivity contribution in [1.29, 1.82) is 0 Å². The van der Waals surface area contributed by atoms with E-state index in [1.54, 1.807) is 4.31 Å². The minimum Gasteiger partial charge on any atom is -0.317 e. The van der Waals surface area contributed by atoms with Crippen molar-refractivity contribution in [1.82, 2.24) is 14.3 Å². The Labute approximate surface area is 131 Å². The zero-order valence-electron chi connectivity index (χ0n) is 14.1. The molecule has 1 fully saturated rings. The van der Waals surface area contributed by atoms with Gasteiger partial charge < -0.3 is 5.32 Å². The zero-order chi connectivity index (χ0) is 15.9. The number of piperidine rings is 1. The normalized spacial score (nSPS) is 22.6. The molecule has 0 aliphatic carbocycles. The molecule has 2 atom stereocenters. The molecule has 126 valence electrons. The van der Waals surface area contributed by atoms with E-state index in [4.69, 9.17) is 0 Å². The van der Waals surface area contributed by atoms with Crippen LogP contribution in [-0.4, -0.2) is 44.9 Å². The lowest BCUT2D eigenvalue weighted by Gasteiger charge is -2.33. The molecule has 6 heteroatoms. The van der Waals surface area contributed by atoms with Crippen LogP contribution in [0.1, 0.15) is 53.4 Å². The van der Waals surface area contributed by atoms with Crippen molar-refractivity contribution in [3.8, 4) is 0 Å². The number of nitrogens with one attached hydrogen (secondary N) is 2. The number of rotatable bonds is 9. The third-order valence-corrected chi connectivity index (χ3v) is 5.74. The van der Waals surface area contributed by atoms with Gasteiger partial charge in [0.2, 0.25) is 0 Å². The first-order chi connectivity index (χ1) is 9.85. The van der Waals surface area contributed by atoms with E-state index in [-0.39, 0.29) is 6.04 Å². The van der Waals surface area contributed by atoms with Crippen molar-refractivity contribution in [2.45, 2.75) is 59.4 Å². The molecule has 0 aromatic heterocycles. The van der Waals surface area contributed by atoms with Crippen LogP contribution in [0.3, 0.4) is 0 Å². The quantitative estimate of drug-likeness (QED) is 0.683. The van der Waals surface area contributed by atoms with Crippen LogP contribution < -0.4 is 10.0 Å². The van der Waals surface area contributed by atoms with Crippen LogP contribution in [-0.2, 0) is 10.2 Å². The maximum absolute atomic E-state index is 12.5. The van der Waals surface area contributed by atoms with Gasteiger partial charge in [0.25, 0.3) is 10.2 Å². The summed E-state index contributed by atoms with van der Waals surface area (Å²) in [5.74, 6) is 1.04. The fraction of sp³-hybridized carbons (Fsp3) is 1.00. The predicted molar refractivity (Wildman–Crippen MR) is 88.4 cm³/mol. The highest BCUT2D eigenvalue weighted by Crippen LogP contribution is 2.18. The molecule has 2 unspecified atom stereocenters. The van der Waals surface area contributed by atoms with Crippen LogP contribution in [0.2, 0.25) is 0 Å². The predicted octanol–water partition coefficient (Wildman–Crippen LogP) is 1.97. The largest absolute Gasteiger partial charge is 0.317 e. The van der Waals surface area contributed by atoms with Gasteiger partial charge in [0.05, 0.1) is 0 Å². The van der Waals surface area contributed by atoms with Gasteiger partial charge in [-0.2, -0.15) is 17.4 Å². The summed E-state index contributed by atoms with van der Waals surface area (Å²) in [7, 11) is -3.33. The summed E-state index contributed by atoms with van der Waals surface area (Å²) in [5.41, 5.74) is 0. The summed E-state index contributed by atoms with van der Waals surface area (Å²) in [5, 5.41) is 3.32. The van der Waals surface area contributed by atoms with E-state index in [1.807, 2.05) is 6.92 Å². The van der Waals surface area contributed by atoms with Crippen LogP contribution in [0, 0.1) is 11.8 Å². The van der Waals surface area contributed by atoms with Gasteiger partial charge in [-0.25, -0.2) is 0 Å². The first-order valence-electron chi connectivity index (χ1n) is 8.33. The highest BCUT2D eigenvalue weighted by molar-refractivity contribution is 7.87. The Morgan fingerprint density at radius 1 is 1.24 bits per heavy atom. The molecule has 0 amide bonds. The highest BCUT2D eigenvalue weighted by atomic mass is 32.2. The molecule has 0 radical (unpaired) electrons. The van der Waals surface area contributed by atoms with E-state index < -0.39 is 10.2 Å². The number of hydrogen-bond donors (Lipinski definition) is 2. The fourth-order valence-electron chi connectivity index (χ4n) is 2.73. The van der Waals surface area contributed by atoms with Crippen molar-refractivity contribution in [2.24, 2.45) is 11.8 Å². The lowest BCUT2D eigenvalue weighted by atomic mass is 10.00. The van der Waals surface area contributed by atoms with E-state index in [1.165, 1.54) is 0 Å². The first-order valence-corrected chi connectivity index (χ1v) is 9.77. The van der Waals surface area contributed by atoms with Crippen LogP contribution in [0.15, 0.2) is 0 Å². The molecule has 5 nitrogen and oxygen atoms in total. The van der Waals surface area contributed by atoms with Gasteiger partial charge in [0.15, 0.2) is 0 Å². The maximum Gasteiger partial charge on any atom is 0.279 e. The summed E-state index contributed by atoms with van der Waals surface area (Å²) in [6.45, 7) is 11.5. The molecule has 0 saturated carbocycles. The van der Waals surface area contributed by atoms with Gasteiger partial charge in [0, 0.05) is 19.1 Å². The van der Waals surface area contributed by atoms with Crippen molar-refractivity contribution < 1.29 is 8.42 Å². The highest BCUT2D eigenvalue weighted by Gasteiger charge is 2.29. The van der Waals surface area contributed by atoms with E-state index in [0.29, 0.717) is 24.9 Å². The number of hydrogen-bond acceptors (Lipinski definition) is 3. The van der Waals surface area contributed by atoms with Crippen LogP contribution in [0.4, 0.5) is 0 Å². The zero-order valence-corrected chi connectivity index (χ0v) is 14.9. The van der Waals surface area contributed by atoms with Crippen LogP contribution >= 0.6 is 0 Å². The standard InChI is InChI=1S/C15H33N3O2S/c1-5-16-11-15-7-6-10-18(12-15)21(19,20)17-14(4)9-8-13(2)3/h13-17H,5-12H2,1-4H3. The summed E-state index contributed by atoms with van der Waals surface area (Å²) in [6.07, 6.45) is 4.01. The molecule has 0 spiro atoms. The van der Waals surface area contributed by atoms with Crippen molar-refractivity contribution in [3.63, 3.8) is 0 Å². The molecular weight excluding hydrogens is 286 g/mol. The second-order valence-corrected chi connectivity index (χ2v) is 8.37. The Kier molecular flexibility index (Phi) is 8.16. The second-order valence-electron chi connectivity index (χ2n) is 6.67. The average molecular weight is 320 g/mol.